The van der Waals surface area contributed by atoms with Crippen LogP contribution in [-0.4, -0.2) is 43.8 Å². The maximum Gasteiger partial charge on any atom is 0.253 e. The Hall–Kier alpha value is -1.82. The Balaban J connectivity index is 1.78. The molecule has 1 aliphatic rings. The van der Waals surface area contributed by atoms with E-state index in [-0.39, 0.29) is 11.3 Å². The third-order valence-electron chi connectivity index (χ3n) is 5.48. The van der Waals surface area contributed by atoms with Crippen LogP contribution < -0.4 is 10.6 Å². The smallest absolute Gasteiger partial charge is 0.253 e. The highest BCUT2D eigenvalue weighted by Gasteiger charge is 2.33. The van der Waals surface area contributed by atoms with Gasteiger partial charge in [0.05, 0.1) is 12.2 Å². The van der Waals surface area contributed by atoms with Crippen LogP contribution in [0.2, 0.25) is 5.02 Å². The molecule has 1 aromatic heterocycles. The second-order valence-corrected chi connectivity index (χ2v) is 7.90. The molecule has 1 saturated heterocycles. The van der Waals surface area contributed by atoms with E-state index in [9.17, 15) is 4.79 Å². The Kier molecular flexibility index (Phi) is 6.25. The standard InChI is InChI=1S/C21H28ClN3O2/c1-15-11-19(16(2)25(15)18-6-4-5-17(22)12-18)20(26)24-13-21(14-27-3)7-9-23-10-8-21/h4-6,11-12,23H,7-10,13-14H2,1-3H3,(H,24,26). The molecular weight excluding hydrogens is 362 g/mol. The van der Waals surface area contributed by atoms with Gasteiger partial charge in [-0.15, -0.1) is 0 Å². The molecule has 2 N–H and O–H groups in total. The van der Waals surface area contributed by atoms with E-state index in [2.05, 4.69) is 15.2 Å². The first-order valence-corrected chi connectivity index (χ1v) is 9.76. The third kappa shape index (κ3) is 4.37. The number of carbonyl (C=O) groups excluding carboxylic acids is 1. The fraction of sp³-hybridized carbons (Fsp3) is 0.476. The summed E-state index contributed by atoms with van der Waals surface area (Å²) in [6.07, 6.45) is 2.01. The van der Waals surface area contributed by atoms with Crippen LogP contribution in [0.3, 0.4) is 0 Å². The lowest BCUT2D eigenvalue weighted by molar-refractivity contribution is 0.0511. The number of piperidine rings is 1. The predicted molar refractivity (Wildman–Crippen MR) is 109 cm³/mol. The van der Waals surface area contributed by atoms with Gasteiger partial charge in [0.15, 0.2) is 0 Å². The minimum absolute atomic E-state index is 0.00807. The number of hydrogen-bond acceptors (Lipinski definition) is 3. The van der Waals surface area contributed by atoms with Crippen LogP contribution in [0.5, 0.6) is 0 Å². The van der Waals surface area contributed by atoms with E-state index < -0.39 is 0 Å². The van der Waals surface area contributed by atoms with Gasteiger partial charge in [0.2, 0.25) is 0 Å². The Morgan fingerprint density at radius 3 is 2.70 bits per heavy atom. The first-order valence-electron chi connectivity index (χ1n) is 9.38. The van der Waals surface area contributed by atoms with Crippen LogP contribution >= 0.6 is 11.6 Å². The third-order valence-corrected chi connectivity index (χ3v) is 5.72. The number of amides is 1. The summed E-state index contributed by atoms with van der Waals surface area (Å²) in [6.45, 7) is 7.19. The van der Waals surface area contributed by atoms with Gasteiger partial charge in [-0.2, -0.15) is 0 Å². The maximum absolute atomic E-state index is 12.9. The van der Waals surface area contributed by atoms with Gasteiger partial charge in [-0.25, -0.2) is 0 Å². The van der Waals surface area contributed by atoms with Crippen molar-refractivity contribution in [2.24, 2.45) is 5.41 Å². The Bertz CT molecular complexity index is 804. The number of aryl methyl sites for hydroxylation is 1. The van der Waals surface area contributed by atoms with E-state index in [1.54, 1.807) is 7.11 Å². The van der Waals surface area contributed by atoms with Crippen molar-refractivity contribution in [2.75, 3.05) is 33.4 Å². The molecule has 3 rings (SSSR count). The molecule has 1 amide bonds. The van der Waals surface area contributed by atoms with Crippen LogP contribution in [0.4, 0.5) is 0 Å². The lowest BCUT2D eigenvalue weighted by Gasteiger charge is -2.37. The highest BCUT2D eigenvalue weighted by molar-refractivity contribution is 6.30. The van der Waals surface area contributed by atoms with Gasteiger partial charge in [0.1, 0.15) is 0 Å². The minimum atomic E-state index is -0.0367. The number of carbonyl (C=O) groups is 1. The number of hydrogen-bond donors (Lipinski definition) is 2. The van der Waals surface area contributed by atoms with E-state index in [1.807, 2.05) is 44.2 Å². The summed E-state index contributed by atoms with van der Waals surface area (Å²) in [5.74, 6) is -0.0367. The molecule has 27 heavy (non-hydrogen) atoms. The number of halogens is 1. The molecule has 0 saturated carbocycles. The van der Waals surface area contributed by atoms with E-state index in [0.717, 1.165) is 43.0 Å². The first-order chi connectivity index (χ1) is 13.0. The van der Waals surface area contributed by atoms with E-state index >= 15 is 0 Å². The average Bonchev–Trinajstić information content (AvgIpc) is 2.95. The van der Waals surface area contributed by atoms with Crippen molar-refractivity contribution < 1.29 is 9.53 Å². The van der Waals surface area contributed by atoms with Crippen LogP contribution in [0.1, 0.15) is 34.6 Å². The first kappa shape index (κ1) is 19.9. The molecule has 146 valence electrons. The Morgan fingerprint density at radius 1 is 1.30 bits per heavy atom. The number of methoxy groups -OCH3 is 1. The normalized spacial score (nSPS) is 16.3. The van der Waals surface area contributed by atoms with Gasteiger partial charge in [0.25, 0.3) is 5.91 Å². The monoisotopic (exact) mass is 389 g/mol. The summed E-state index contributed by atoms with van der Waals surface area (Å²) in [5.41, 5.74) is 3.60. The van der Waals surface area contributed by atoms with E-state index in [1.165, 1.54) is 0 Å². The lowest BCUT2D eigenvalue weighted by Crippen LogP contribution is -2.47. The van der Waals surface area contributed by atoms with E-state index in [0.29, 0.717) is 23.7 Å². The molecule has 0 spiro atoms. The summed E-state index contributed by atoms with van der Waals surface area (Å²) in [6, 6.07) is 9.61. The van der Waals surface area contributed by atoms with Gasteiger partial charge in [0, 0.05) is 41.2 Å². The molecule has 1 aliphatic heterocycles. The number of nitrogens with zero attached hydrogens (tertiary/aromatic N) is 1. The van der Waals surface area contributed by atoms with Gasteiger partial charge < -0.3 is 19.9 Å². The molecule has 6 heteroatoms. The minimum Gasteiger partial charge on any atom is -0.384 e. The fourth-order valence-corrected chi connectivity index (χ4v) is 4.19. The fourth-order valence-electron chi connectivity index (χ4n) is 4.00. The SMILES string of the molecule is COCC1(CNC(=O)c2cc(C)n(-c3cccc(Cl)c3)c2C)CCNCC1. The van der Waals surface area contributed by atoms with E-state index in [4.69, 9.17) is 16.3 Å². The maximum atomic E-state index is 12.9. The van der Waals surface area contributed by atoms with Crippen molar-refractivity contribution in [3.63, 3.8) is 0 Å². The lowest BCUT2D eigenvalue weighted by atomic mass is 9.79. The predicted octanol–water partition coefficient (Wildman–Crippen LogP) is 3.49. The highest BCUT2D eigenvalue weighted by atomic mass is 35.5. The topological polar surface area (TPSA) is 55.3 Å². The summed E-state index contributed by atoms with van der Waals surface area (Å²) in [7, 11) is 1.73. The molecular formula is C21H28ClN3O2. The number of aromatic nitrogens is 1. The van der Waals surface area contributed by atoms with Crippen LogP contribution in [0, 0.1) is 19.3 Å². The molecule has 0 unspecified atom stereocenters. The van der Waals surface area contributed by atoms with Crippen molar-refractivity contribution in [3.8, 4) is 5.69 Å². The van der Waals surface area contributed by atoms with Crippen LogP contribution in [0.25, 0.3) is 5.69 Å². The quantitative estimate of drug-likeness (QED) is 0.795. The molecule has 0 aliphatic carbocycles. The Morgan fingerprint density at radius 2 is 2.04 bits per heavy atom. The molecule has 2 heterocycles. The number of ether oxygens (including phenoxy) is 1. The molecule has 5 nitrogen and oxygen atoms in total. The molecule has 0 bridgehead atoms. The number of nitrogens with one attached hydrogen (secondary N) is 2. The Labute approximate surface area is 166 Å². The van der Waals surface area contributed by atoms with Gasteiger partial charge in [-0.1, -0.05) is 17.7 Å². The summed E-state index contributed by atoms with van der Waals surface area (Å²) < 4.78 is 7.51. The summed E-state index contributed by atoms with van der Waals surface area (Å²) >= 11 is 6.14. The zero-order valence-corrected chi connectivity index (χ0v) is 17.0. The van der Waals surface area contributed by atoms with Crippen molar-refractivity contribution >= 4 is 17.5 Å². The summed E-state index contributed by atoms with van der Waals surface area (Å²) in [4.78, 5) is 12.9. The summed E-state index contributed by atoms with van der Waals surface area (Å²) in [5, 5.41) is 7.21. The van der Waals surface area contributed by atoms with Crippen LogP contribution in [-0.2, 0) is 4.74 Å². The van der Waals surface area contributed by atoms with Gasteiger partial charge >= 0.3 is 0 Å². The molecule has 2 aromatic rings. The van der Waals surface area contributed by atoms with Gasteiger partial charge in [-0.3, -0.25) is 4.79 Å². The second-order valence-electron chi connectivity index (χ2n) is 7.47. The highest BCUT2D eigenvalue weighted by Crippen LogP contribution is 2.29. The van der Waals surface area contributed by atoms with Crippen LogP contribution in [0.15, 0.2) is 30.3 Å². The zero-order chi connectivity index (χ0) is 19.4. The largest absolute Gasteiger partial charge is 0.384 e. The molecule has 1 aromatic carbocycles. The second kappa shape index (κ2) is 8.46. The van der Waals surface area contributed by atoms with Crippen molar-refractivity contribution in [1.29, 1.82) is 0 Å². The molecule has 1 fully saturated rings. The number of benzene rings is 1. The molecule has 0 radical (unpaired) electrons. The van der Waals surface area contributed by atoms with Crippen molar-refractivity contribution in [2.45, 2.75) is 26.7 Å². The van der Waals surface area contributed by atoms with Crippen molar-refractivity contribution in [3.05, 3.63) is 52.3 Å². The molecule has 0 atom stereocenters. The van der Waals surface area contributed by atoms with Crippen molar-refractivity contribution in [1.82, 2.24) is 15.2 Å². The average molecular weight is 390 g/mol. The zero-order valence-electron chi connectivity index (χ0n) is 16.3. The van der Waals surface area contributed by atoms with Gasteiger partial charge in [-0.05, 0) is 64.0 Å². The number of rotatable bonds is 6.